The molecule has 0 aliphatic rings. The van der Waals surface area contributed by atoms with Crippen molar-refractivity contribution in [2.75, 3.05) is 7.05 Å². The van der Waals surface area contributed by atoms with Crippen molar-refractivity contribution in [1.82, 2.24) is 24.9 Å². The van der Waals surface area contributed by atoms with E-state index in [1.807, 2.05) is 68.1 Å². The van der Waals surface area contributed by atoms with E-state index in [1.54, 1.807) is 0 Å². The molecule has 136 valence electrons. The van der Waals surface area contributed by atoms with Gasteiger partial charge in [0.1, 0.15) is 0 Å². The normalized spacial score (nSPS) is 11.0. The maximum Gasteiger partial charge on any atom is 0.177 e. The van der Waals surface area contributed by atoms with Crippen LogP contribution in [0.25, 0.3) is 11.3 Å². The van der Waals surface area contributed by atoms with Gasteiger partial charge in [0, 0.05) is 31.4 Å². The average molecular weight is 350 g/mol. The minimum absolute atomic E-state index is 0.859. The molecule has 3 rings (SSSR count). The standard InChI is InChI=1S/C10H14N4.C10H12N2/c1-4-5-9-12-10-8(3)11-6-7(2)14(10)13-9;1-11-8-10(12-2)9-6-4-3-5-7-9/h6H,4-5H2,1-3H3;3-8,11H,2H2,1H3/b;10-8-. The van der Waals surface area contributed by atoms with Gasteiger partial charge in [-0.15, -0.1) is 0 Å². The molecule has 0 aliphatic carbocycles. The van der Waals surface area contributed by atoms with Crippen molar-refractivity contribution in [3.05, 3.63) is 65.5 Å². The van der Waals surface area contributed by atoms with E-state index in [9.17, 15) is 0 Å². The van der Waals surface area contributed by atoms with Gasteiger partial charge in [0.05, 0.1) is 17.1 Å². The number of rotatable bonds is 5. The monoisotopic (exact) mass is 350 g/mol. The molecule has 0 fully saturated rings. The van der Waals surface area contributed by atoms with Gasteiger partial charge in [0.15, 0.2) is 11.5 Å². The van der Waals surface area contributed by atoms with E-state index < -0.39 is 0 Å². The van der Waals surface area contributed by atoms with Crippen LogP contribution in [0.15, 0.2) is 47.7 Å². The predicted molar refractivity (Wildman–Crippen MR) is 107 cm³/mol. The third kappa shape index (κ3) is 4.75. The second kappa shape index (κ2) is 9.46. The lowest BCUT2D eigenvalue weighted by molar-refractivity contribution is 0.804. The summed E-state index contributed by atoms with van der Waals surface area (Å²) in [5, 5.41) is 7.35. The Labute approximate surface area is 154 Å². The number of fused-ring (bicyclic) bond motifs is 1. The van der Waals surface area contributed by atoms with Crippen LogP contribution in [0.1, 0.15) is 36.1 Å². The number of aliphatic imine (C=N–C) groups is 1. The highest BCUT2D eigenvalue weighted by Gasteiger charge is 2.07. The van der Waals surface area contributed by atoms with Crippen molar-refractivity contribution < 1.29 is 0 Å². The third-order valence-corrected chi connectivity index (χ3v) is 3.75. The number of hydrogen-bond acceptors (Lipinski definition) is 5. The second-order valence-electron chi connectivity index (χ2n) is 5.84. The molecular weight excluding hydrogens is 324 g/mol. The van der Waals surface area contributed by atoms with E-state index >= 15 is 0 Å². The fraction of sp³-hybridized carbons (Fsp3) is 0.300. The van der Waals surface area contributed by atoms with E-state index in [-0.39, 0.29) is 0 Å². The molecule has 26 heavy (non-hydrogen) atoms. The number of aryl methyl sites for hydroxylation is 3. The summed E-state index contributed by atoms with van der Waals surface area (Å²) in [6.45, 7) is 9.57. The van der Waals surface area contributed by atoms with Crippen molar-refractivity contribution in [2.24, 2.45) is 4.99 Å². The van der Waals surface area contributed by atoms with Crippen LogP contribution in [0.5, 0.6) is 0 Å². The minimum Gasteiger partial charge on any atom is -0.392 e. The molecule has 0 amide bonds. The van der Waals surface area contributed by atoms with Crippen molar-refractivity contribution >= 4 is 18.1 Å². The molecule has 0 atom stereocenters. The molecule has 0 aliphatic heterocycles. The SMILES string of the molecule is C=N/C(=C\NC)c1ccccc1.CCCc1nc2c(C)ncc(C)n2n1. The van der Waals surface area contributed by atoms with Gasteiger partial charge in [-0.25, -0.2) is 9.50 Å². The molecule has 0 saturated carbocycles. The molecule has 0 spiro atoms. The van der Waals surface area contributed by atoms with Gasteiger partial charge in [-0.3, -0.25) is 9.98 Å². The van der Waals surface area contributed by atoms with E-state index in [4.69, 9.17) is 0 Å². The Morgan fingerprint density at radius 3 is 2.58 bits per heavy atom. The third-order valence-electron chi connectivity index (χ3n) is 3.75. The van der Waals surface area contributed by atoms with Gasteiger partial charge < -0.3 is 5.32 Å². The Morgan fingerprint density at radius 1 is 1.27 bits per heavy atom. The first-order valence-corrected chi connectivity index (χ1v) is 8.68. The first-order valence-electron chi connectivity index (χ1n) is 8.68. The van der Waals surface area contributed by atoms with Gasteiger partial charge in [-0.2, -0.15) is 5.10 Å². The van der Waals surface area contributed by atoms with Crippen LogP contribution < -0.4 is 5.32 Å². The quantitative estimate of drug-likeness (QED) is 0.714. The summed E-state index contributed by atoms with van der Waals surface area (Å²) < 4.78 is 1.87. The number of nitrogens with zero attached hydrogens (tertiary/aromatic N) is 5. The van der Waals surface area contributed by atoms with Gasteiger partial charge in [0.25, 0.3) is 0 Å². The smallest absolute Gasteiger partial charge is 0.177 e. The lowest BCUT2D eigenvalue weighted by Crippen LogP contribution is -1.97. The lowest BCUT2D eigenvalue weighted by atomic mass is 10.2. The Kier molecular flexibility index (Phi) is 7.02. The van der Waals surface area contributed by atoms with Crippen LogP contribution >= 0.6 is 0 Å². The van der Waals surface area contributed by atoms with Crippen molar-refractivity contribution in [3.63, 3.8) is 0 Å². The Bertz CT molecular complexity index is 841. The highest BCUT2D eigenvalue weighted by Crippen LogP contribution is 2.13. The molecule has 2 aromatic heterocycles. The van der Waals surface area contributed by atoms with Crippen LogP contribution in [-0.4, -0.2) is 33.3 Å². The number of aromatic nitrogens is 4. The molecular formula is C20H26N6. The molecule has 0 radical (unpaired) electrons. The summed E-state index contributed by atoms with van der Waals surface area (Å²) in [6.07, 6.45) is 5.65. The van der Waals surface area contributed by atoms with Gasteiger partial charge in [-0.05, 0) is 27.0 Å². The van der Waals surface area contributed by atoms with Gasteiger partial charge in [-0.1, -0.05) is 37.3 Å². The molecule has 3 aromatic rings. The van der Waals surface area contributed by atoms with E-state index in [2.05, 4.69) is 39.0 Å². The molecule has 1 N–H and O–H groups in total. The van der Waals surface area contributed by atoms with E-state index in [1.165, 1.54) is 0 Å². The number of nitrogens with one attached hydrogen (secondary N) is 1. The number of hydrogen-bond donors (Lipinski definition) is 1. The Balaban J connectivity index is 0.000000190. The first kappa shape index (κ1) is 19.3. The first-order chi connectivity index (χ1) is 12.6. The summed E-state index contributed by atoms with van der Waals surface area (Å²) in [5.41, 5.74) is 4.78. The van der Waals surface area contributed by atoms with Gasteiger partial charge >= 0.3 is 0 Å². The van der Waals surface area contributed by atoms with Crippen LogP contribution in [-0.2, 0) is 6.42 Å². The summed E-state index contributed by atoms with van der Waals surface area (Å²) in [6, 6.07) is 9.92. The summed E-state index contributed by atoms with van der Waals surface area (Å²) in [4.78, 5) is 12.6. The maximum atomic E-state index is 4.45. The minimum atomic E-state index is 0.859. The fourth-order valence-electron chi connectivity index (χ4n) is 2.43. The summed E-state index contributed by atoms with van der Waals surface area (Å²) in [5.74, 6) is 0.909. The molecule has 0 saturated heterocycles. The zero-order chi connectivity index (χ0) is 18.9. The van der Waals surface area contributed by atoms with E-state index in [0.717, 1.165) is 47.0 Å². The van der Waals surface area contributed by atoms with Crippen LogP contribution in [0.3, 0.4) is 0 Å². The van der Waals surface area contributed by atoms with Gasteiger partial charge in [0.2, 0.25) is 0 Å². The summed E-state index contributed by atoms with van der Waals surface area (Å²) in [7, 11) is 1.84. The van der Waals surface area contributed by atoms with Crippen molar-refractivity contribution in [1.29, 1.82) is 0 Å². The molecule has 0 bridgehead atoms. The highest BCUT2D eigenvalue weighted by atomic mass is 15.3. The predicted octanol–water partition coefficient (Wildman–Crippen LogP) is 3.60. The van der Waals surface area contributed by atoms with Crippen molar-refractivity contribution in [3.8, 4) is 0 Å². The molecule has 6 nitrogen and oxygen atoms in total. The fourth-order valence-corrected chi connectivity index (χ4v) is 2.43. The lowest BCUT2D eigenvalue weighted by Gasteiger charge is -1.99. The molecule has 6 heteroatoms. The average Bonchev–Trinajstić information content (AvgIpc) is 3.10. The van der Waals surface area contributed by atoms with Crippen molar-refractivity contribution in [2.45, 2.75) is 33.6 Å². The largest absolute Gasteiger partial charge is 0.392 e. The molecule has 1 aromatic carbocycles. The molecule has 0 unspecified atom stereocenters. The van der Waals surface area contributed by atoms with Crippen LogP contribution in [0, 0.1) is 13.8 Å². The highest BCUT2D eigenvalue weighted by molar-refractivity contribution is 5.67. The van der Waals surface area contributed by atoms with Crippen LogP contribution in [0.4, 0.5) is 0 Å². The maximum absolute atomic E-state index is 4.45. The zero-order valence-electron chi connectivity index (χ0n) is 15.9. The Morgan fingerprint density at radius 2 is 2.00 bits per heavy atom. The second-order valence-corrected chi connectivity index (χ2v) is 5.84. The van der Waals surface area contributed by atoms with E-state index in [0.29, 0.717) is 0 Å². The Hall–Kier alpha value is -3.02. The topological polar surface area (TPSA) is 67.5 Å². The number of benzene rings is 1. The zero-order valence-corrected chi connectivity index (χ0v) is 15.9. The molecule has 2 heterocycles. The summed E-state index contributed by atoms with van der Waals surface area (Å²) >= 11 is 0. The van der Waals surface area contributed by atoms with Crippen LogP contribution in [0.2, 0.25) is 0 Å².